The third kappa shape index (κ3) is 6.84. The molecule has 1 atom stereocenters. The molecule has 7 heteroatoms. The fourth-order valence-electron chi connectivity index (χ4n) is 3.90. The number of para-hydroxylation sites is 1. The highest BCUT2D eigenvalue weighted by Crippen LogP contribution is 2.21. The average molecular weight is 426 g/mol. The number of nitrogens with zero attached hydrogens (tertiary/aromatic N) is 3. The third-order valence-electron chi connectivity index (χ3n) is 5.42. The lowest BCUT2D eigenvalue weighted by atomic mass is 9.95. The van der Waals surface area contributed by atoms with Crippen LogP contribution in [0.15, 0.2) is 41.5 Å². The molecule has 1 unspecified atom stereocenters. The number of hydrogen-bond acceptors (Lipinski definition) is 4. The topological polar surface area (TPSA) is 78.9 Å². The van der Waals surface area contributed by atoms with Gasteiger partial charge < -0.3 is 20.3 Å². The van der Waals surface area contributed by atoms with E-state index in [1.807, 2.05) is 56.1 Å². The largest absolute Gasteiger partial charge is 0.444 e. The Balaban J connectivity index is 1.45. The van der Waals surface area contributed by atoms with Crippen molar-refractivity contribution in [1.82, 2.24) is 20.5 Å². The third-order valence-corrected chi connectivity index (χ3v) is 5.42. The molecule has 3 rings (SSSR count). The van der Waals surface area contributed by atoms with Gasteiger partial charge in [-0.3, -0.25) is 9.98 Å². The zero-order chi connectivity index (χ0) is 22.3. The van der Waals surface area contributed by atoms with Crippen molar-refractivity contribution in [3.8, 4) is 0 Å². The predicted octanol–water partition coefficient (Wildman–Crippen LogP) is 3.94. The Bertz CT molecular complexity index is 901. The lowest BCUT2D eigenvalue weighted by Crippen LogP contribution is -2.44. The van der Waals surface area contributed by atoms with Crippen molar-refractivity contribution < 1.29 is 9.53 Å². The van der Waals surface area contributed by atoms with Gasteiger partial charge in [0, 0.05) is 44.8 Å². The molecule has 0 bridgehead atoms. The number of rotatable bonds is 5. The van der Waals surface area contributed by atoms with Crippen molar-refractivity contribution in [3.05, 3.63) is 42.1 Å². The van der Waals surface area contributed by atoms with Crippen LogP contribution in [-0.4, -0.2) is 54.2 Å². The number of fused-ring (bicyclic) bond motifs is 1. The number of piperidine rings is 1. The van der Waals surface area contributed by atoms with E-state index in [2.05, 4.69) is 26.7 Å². The van der Waals surface area contributed by atoms with Crippen LogP contribution < -0.4 is 10.6 Å². The second kappa shape index (κ2) is 10.5. The molecule has 2 aromatic rings. The Kier molecular flexibility index (Phi) is 7.71. The minimum atomic E-state index is -0.454. The first-order valence-corrected chi connectivity index (χ1v) is 11.1. The number of carbonyl (C=O) groups is 1. The quantitative estimate of drug-likeness (QED) is 0.560. The molecule has 1 fully saturated rings. The van der Waals surface area contributed by atoms with E-state index in [1.165, 1.54) is 5.56 Å². The summed E-state index contributed by atoms with van der Waals surface area (Å²) in [6.07, 6.45) is 4.78. The smallest absolute Gasteiger partial charge is 0.410 e. The van der Waals surface area contributed by atoms with Crippen LogP contribution >= 0.6 is 0 Å². The number of likely N-dealkylation sites (tertiary alicyclic amines) is 1. The van der Waals surface area contributed by atoms with Crippen LogP contribution in [0.3, 0.4) is 0 Å². The Morgan fingerprint density at radius 2 is 2.06 bits per heavy atom. The van der Waals surface area contributed by atoms with Crippen molar-refractivity contribution in [2.45, 2.75) is 52.2 Å². The van der Waals surface area contributed by atoms with Crippen molar-refractivity contribution in [1.29, 1.82) is 0 Å². The van der Waals surface area contributed by atoms with Gasteiger partial charge in [-0.15, -0.1) is 0 Å². The summed E-state index contributed by atoms with van der Waals surface area (Å²) in [5.74, 6) is 1.25. The molecule has 1 aliphatic heterocycles. The number of amides is 1. The lowest BCUT2D eigenvalue weighted by Gasteiger charge is -2.34. The maximum Gasteiger partial charge on any atom is 0.410 e. The molecule has 0 spiro atoms. The molecular formula is C24H35N5O2. The number of aromatic nitrogens is 1. The summed E-state index contributed by atoms with van der Waals surface area (Å²) < 4.78 is 5.53. The number of nitrogens with one attached hydrogen (secondary N) is 2. The van der Waals surface area contributed by atoms with Crippen molar-refractivity contribution >= 4 is 23.0 Å². The molecule has 2 heterocycles. The molecule has 0 aliphatic carbocycles. The van der Waals surface area contributed by atoms with Gasteiger partial charge in [0.25, 0.3) is 0 Å². The normalized spacial score (nSPS) is 17.5. The van der Waals surface area contributed by atoms with Crippen LogP contribution in [0.4, 0.5) is 4.79 Å². The van der Waals surface area contributed by atoms with Gasteiger partial charge in [-0.1, -0.05) is 18.2 Å². The van der Waals surface area contributed by atoms with Gasteiger partial charge in [0.15, 0.2) is 5.96 Å². The van der Waals surface area contributed by atoms with E-state index < -0.39 is 5.60 Å². The molecule has 2 N–H and O–H groups in total. The molecule has 168 valence electrons. The number of aliphatic imine (C=N–C) groups is 1. The Morgan fingerprint density at radius 3 is 2.84 bits per heavy atom. The second-order valence-corrected chi connectivity index (χ2v) is 9.06. The minimum absolute atomic E-state index is 0.202. The highest BCUT2D eigenvalue weighted by molar-refractivity contribution is 5.83. The lowest BCUT2D eigenvalue weighted by molar-refractivity contribution is 0.0162. The van der Waals surface area contributed by atoms with Crippen LogP contribution in [0.1, 0.15) is 45.6 Å². The van der Waals surface area contributed by atoms with Gasteiger partial charge >= 0.3 is 6.09 Å². The van der Waals surface area contributed by atoms with Gasteiger partial charge in [0.05, 0.1) is 5.52 Å². The summed E-state index contributed by atoms with van der Waals surface area (Å²) in [4.78, 5) is 23.0. The van der Waals surface area contributed by atoms with Crippen LogP contribution in [0.25, 0.3) is 10.9 Å². The first-order valence-electron chi connectivity index (χ1n) is 11.1. The van der Waals surface area contributed by atoms with Crippen molar-refractivity contribution in [3.63, 3.8) is 0 Å². The number of benzene rings is 1. The van der Waals surface area contributed by atoms with Gasteiger partial charge in [-0.25, -0.2) is 4.79 Å². The standard InChI is InChI=1S/C24H35N5O2/c1-24(2,3)31-23(30)29-15-7-8-18(17-29)11-13-27-22(25-4)28-16-19-12-14-26-21-10-6-5-9-20(19)21/h5-6,9-10,12,14,18H,7-8,11,13,15-17H2,1-4H3,(H2,25,27,28). The zero-order valence-corrected chi connectivity index (χ0v) is 19.1. The molecule has 1 amide bonds. The Morgan fingerprint density at radius 1 is 1.26 bits per heavy atom. The molecule has 1 aliphatic rings. The zero-order valence-electron chi connectivity index (χ0n) is 19.1. The van der Waals surface area contributed by atoms with E-state index in [-0.39, 0.29) is 6.09 Å². The number of hydrogen-bond donors (Lipinski definition) is 2. The fourth-order valence-corrected chi connectivity index (χ4v) is 3.90. The van der Waals surface area contributed by atoms with Gasteiger partial charge in [-0.05, 0) is 63.6 Å². The molecule has 7 nitrogen and oxygen atoms in total. The molecule has 1 aromatic carbocycles. The molecule has 1 saturated heterocycles. The first-order chi connectivity index (χ1) is 14.9. The SMILES string of the molecule is CN=C(NCCC1CCCN(C(=O)OC(C)(C)C)C1)NCc1ccnc2ccccc12. The summed E-state index contributed by atoms with van der Waals surface area (Å²) in [6.45, 7) is 8.74. The predicted molar refractivity (Wildman–Crippen MR) is 125 cm³/mol. The van der Waals surface area contributed by atoms with E-state index in [0.717, 1.165) is 55.8 Å². The van der Waals surface area contributed by atoms with Gasteiger partial charge in [0.2, 0.25) is 0 Å². The van der Waals surface area contributed by atoms with Crippen LogP contribution in [-0.2, 0) is 11.3 Å². The summed E-state index contributed by atoms with van der Waals surface area (Å²) >= 11 is 0. The monoisotopic (exact) mass is 425 g/mol. The minimum Gasteiger partial charge on any atom is -0.444 e. The highest BCUT2D eigenvalue weighted by atomic mass is 16.6. The summed E-state index contributed by atoms with van der Waals surface area (Å²) in [5, 5.41) is 7.95. The van der Waals surface area contributed by atoms with Crippen LogP contribution in [0.5, 0.6) is 0 Å². The maximum absolute atomic E-state index is 12.4. The van der Waals surface area contributed by atoms with Crippen LogP contribution in [0.2, 0.25) is 0 Å². The molecular weight excluding hydrogens is 390 g/mol. The van der Waals surface area contributed by atoms with E-state index >= 15 is 0 Å². The van der Waals surface area contributed by atoms with Crippen molar-refractivity contribution in [2.75, 3.05) is 26.7 Å². The van der Waals surface area contributed by atoms with E-state index in [0.29, 0.717) is 12.5 Å². The molecule has 31 heavy (non-hydrogen) atoms. The number of ether oxygens (including phenoxy) is 1. The summed E-state index contributed by atoms with van der Waals surface area (Å²) in [6, 6.07) is 10.2. The van der Waals surface area contributed by atoms with E-state index in [4.69, 9.17) is 4.74 Å². The Labute approximate surface area is 185 Å². The molecule has 0 saturated carbocycles. The van der Waals surface area contributed by atoms with Crippen LogP contribution in [0, 0.1) is 5.92 Å². The fraction of sp³-hybridized carbons (Fsp3) is 0.542. The summed E-state index contributed by atoms with van der Waals surface area (Å²) in [5.41, 5.74) is 1.73. The van der Waals surface area contributed by atoms with E-state index in [1.54, 1.807) is 7.05 Å². The second-order valence-electron chi connectivity index (χ2n) is 9.06. The Hall–Kier alpha value is -2.83. The summed E-state index contributed by atoms with van der Waals surface area (Å²) in [7, 11) is 1.78. The first kappa shape index (κ1) is 22.8. The van der Waals surface area contributed by atoms with Gasteiger partial charge in [0.1, 0.15) is 5.60 Å². The van der Waals surface area contributed by atoms with Crippen molar-refractivity contribution in [2.24, 2.45) is 10.9 Å². The molecule has 1 aromatic heterocycles. The molecule has 0 radical (unpaired) electrons. The van der Waals surface area contributed by atoms with E-state index in [9.17, 15) is 4.79 Å². The number of pyridine rings is 1. The number of guanidine groups is 1. The highest BCUT2D eigenvalue weighted by Gasteiger charge is 2.27. The average Bonchev–Trinajstić information content (AvgIpc) is 2.75. The maximum atomic E-state index is 12.4. The number of carbonyl (C=O) groups excluding carboxylic acids is 1. The van der Waals surface area contributed by atoms with Gasteiger partial charge in [-0.2, -0.15) is 0 Å².